The summed E-state index contributed by atoms with van der Waals surface area (Å²) in [5, 5.41) is 12.1. The average molecular weight is 254 g/mol. The van der Waals surface area contributed by atoms with Gasteiger partial charge in [0, 0.05) is 6.54 Å². The molecule has 96 valence electrons. The predicted octanol–water partition coefficient (Wildman–Crippen LogP) is 3.93. The minimum atomic E-state index is -0.395. The Balaban J connectivity index is 2.17. The summed E-state index contributed by atoms with van der Waals surface area (Å²) in [5.41, 5.74) is 4.53. The molecule has 0 bridgehead atoms. The van der Waals surface area contributed by atoms with Crippen LogP contribution in [0.1, 0.15) is 22.3 Å². The quantitative estimate of drug-likeness (QED) is 0.900. The van der Waals surface area contributed by atoms with E-state index in [0.717, 1.165) is 5.56 Å². The van der Waals surface area contributed by atoms with Crippen molar-refractivity contribution in [2.45, 2.75) is 20.4 Å². The fraction of sp³-hybridized carbons (Fsp3) is 0.188. The molecule has 0 saturated carbocycles. The van der Waals surface area contributed by atoms with Gasteiger partial charge in [0.1, 0.15) is 11.9 Å². The Morgan fingerprint density at radius 3 is 2.42 bits per heavy atom. The normalized spacial score (nSPS) is 10.0. The maximum absolute atomic E-state index is 13.0. The van der Waals surface area contributed by atoms with Crippen molar-refractivity contribution in [1.29, 1.82) is 5.26 Å². The van der Waals surface area contributed by atoms with Gasteiger partial charge in [0.15, 0.2) is 0 Å². The molecule has 0 radical (unpaired) electrons. The van der Waals surface area contributed by atoms with Crippen LogP contribution in [0, 0.1) is 31.0 Å². The Hall–Kier alpha value is -2.34. The van der Waals surface area contributed by atoms with Crippen molar-refractivity contribution in [2.24, 2.45) is 0 Å². The van der Waals surface area contributed by atoms with Crippen LogP contribution in [0.3, 0.4) is 0 Å². The van der Waals surface area contributed by atoms with Crippen LogP contribution >= 0.6 is 0 Å². The summed E-state index contributed by atoms with van der Waals surface area (Å²) in [6.07, 6.45) is 0. The molecule has 0 aromatic heterocycles. The summed E-state index contributed by atoms with van der Waals surface area (Å²) < 4.78 is 13.0. The number of halogens is 1. The number of anilines is 1. The molecular weight excluding hydrogens is 239 g/mol. The van der Waals surface area contributed by atoms with Crippen molar-refractivity contribution < 1.29 is 4.39 Å². The highest BCUT2D eigenvalue weighted by Crippen LogP contribution is 2.17. The maximum Gasteiger partial charge on any atom is 0.124 e. The third-order valence-electron chi connectivity index (χ3n) is 2.87. The van der Waals surface area contributed by atoms with E-state index in [-0.39, 0.29) is 0 Å². The van der Waals surface area contributed by atoms with E-state index in [0.29, 0.717) is 17.8 Å². The zero-order valence-electron chi connectivity index (χ0n) is 11.0. The average Bonchev–Trinajstić information content (AvgIpc) is 2.36. The summed E-state index contributed by atoms with van der Waals surface area (Å²) >= 11 is 0. The van der Waals surface area contributed by atoms with E-state index in [4.69, 9.17) is 5.26 Å². The first kappa shape index (κ1) is 13.1. The molecule has 2 aromatic rings. The van der Waals surface area contributed by atoms with Crippen molar-refractivity contribution in [1.82, 2.24) is 0 Å². The zero-order valence-corrected chi connectivity index (χ0v) is 11.0. The summed E-state index contributed by atoms with van der Waals surface area (Å²) in [5.74, 6) is -0.395. The molecule has 0 atom stereocenters. The topological polar surface area (TPSA) is 35.8 Å². The van der Waals surface area contributed by atoms with E-state index in [1.807, 2.05) is 6.07 Å². The third-order valence-corrected chi connectivity index (χ3v) is 2.87. The number of hydrogen-bond donors (Lipinski definition) is 1. The summed E-state index contributed by atoms with van der Waals surface area (Å²) in [6.45, 7) is 4.72. The Morgan fingerprint density at radius 2 is 1.79 bits per heavy atom. The molecule has 19 heavy (non-hydrogen) atoms. The van der Waals surface area contributed by atoms with E-state index in [2.05, 4.69) is 37.4 Å². The molecule has 0 amide bonds. The lowest BCUT2D eigenvalue weighted by Crippen LogP contribution is -2.02. The largest absolute Gasteiger partial charge is 0.380 e. The SMILES string of the molecule is Cc1cc(C)cc(CNc2ccc(F)cc2C#N)c1. The molecule has 3 heteroatoms. The van der Waals surface area contributed by atoms with E-state index >= 15 is 0 Å². The number of hydrogen-bond acceptors (Lipinski definition) is 2. The molecule has 2 nitrogen and oxygen atoms in total. The van der Waals surface area contributed by atoms with Gasteiger partial charge in [0.25, 0.3) is 0 Å². The molecule has 0 unspecified atom stereocenters. The van der Waals surface area contributed by atoms with Gasteiger partial charge in [-0.3, -0.25) is 0 Å². The fourth-order valence-corrected chi connectivity index (χ4v) is 2.13. The molecule has 2 rings (SSSR count). The summed E-state index contributed by atoms with van der Waals surface area (Å²) in [4.78, 5) is 0. The molecule has 0 aliphatic heterocycles. The van der Waals surface area contributed by atoms with Gasteiger partial charge in [0.2, 0.25) is 0 Å². The van der Waals surface area contributed by atoms with Crippen LogP contribution in [0.15, 0.2) is 36.4 Å². The molecule has 0 aliphatic rings. The fourth-order valence-electron chi connectivity index (χ4n) is 2.13. The highest BCUT2D eigenvalue weighted by atomic mass is 19.1. The van der Waals surface area contributed by atoms with E-state index in [9.17, 15) is 4.39 Å². The van der Waals surface area contributed by atoms with Crippen molar-refractivity contribution in [3.63, 3.8) is 0 Å². The highest BCUT2D eigenvalue weighted by Gasteiger charge is 2.03. The standard InChI is InChI=1S/C16H15FN2/c1-11-5-12(2)7-13(6-11)10-19-16-4-3-15(17)8-14(16)9-18/h3-8,19H,10H2,1-2H3. The van der Waals surface area contributed by atoms with Crippen LogP contribution < -0.4 is 5.32 Å². The van der Waals surface area contributed by atoms with Gasteiger partial charge in [-0.05, 0) is 37.6 Å². The molecule has 0 spiro atoms. The van der Waals surface area contributed by atoms with Gasteiger partial charge < -0.3 is 5.32 Å². The number of benzene rings is 2. The van der Waals surface area contributed by atoms with Gasteiger partial charge in [-0.2, -0.15) is 5.26 Å². The van der Waals surface area contributed by atoms with Crippen molar-refractivity contribution >= 4 is 5.69 Å². The molecule has 0 aliphatic carbocycles. The van der Waals surface area contributed by atoms with E-state index in [1.54, 1.807) is 6.07 Å². The van der Waals surface area contributed by atoms with Crippen LogP contribution in [-0.2, 0) is 6.54 Å². The van der Waals surface area contributed by atoms with E-state index < -0.39 is 5.82 Å². The lowest BCUT2D eigenvalue weighted by atomic mass is 10.1. The minimum absolute atomic E-state index is 0.323. The number of nitrogens with one attached hydrogen (secondary N) is 1. The first-order chi connectivity index (χ1) is 9.08. The van der Waals surface area contributed by atoms with Gasteiger partial charge >= 0.3 is 0 Å². The second kappa shape index (κ2) is 5.53. The first-order valence-corrected chi connectivity index (χ1v) is 6.09. The van der Waals surface area contributed by atoms with Gasteiger partial charge in [-0.15, -0.1) is 0 Å². The Bertz CT molecular complexity index is 621. The second-order valence-electron chi connectivity index (χ2n) is 4.65. The van der Waals surface area contributed by atoms with E-state index in [1.165, 1.54) is 23.3 Å². The summed E-state index contributed by atoms with van der Waals surface area (Å²) in [6, 6.07) is 12.5. The Labute approximate surface area is 112 Å². The minimum Gasteiger partial charge on any atom is -0.380 e. The van der Waals surface area contributed by atoms with Crippen molar-refractivity contribution in [3.8, 4) is 6.07 Å². The number of rotatable bonds is 3. The van der Waals surface area contributed by atoms with Gasteiger partial charge in [-0.1, -0.05) is 29.3 Å². The van der Waals surface area contributed by atoms with Crippen LogP contribution in [-0.4, -0.2) is 0 Å². The second-order valence-corrected chi connectivity index (χ2v) is 4.65. The lowest BCUT2D eigenvalue weighted by molar-refractivity contribution is 0.627. The number of nitriles is 1. The van der Waals surface area contributed by atoms with Crippen LogP contribution in [0.25, 0.3) is 0 Å². The van der Waals surface area contributed by atoms with Crippen molar-refractivity contribution in [3.05, 3.63) is 64.5 Å². The predicted molar refractivity (Wildman–Crippen MR) is 74.4 cm³/mol. The monoisotopic (exact) mass is 254 g/mol. The van der Waals surface area contributed by atoms with Crippen LogP contribution in [0.2, 0.25) is 0 Å². The zero-order chi connectivity index (χ0) is 13.8. The van der Waals surface area contributed by atoms with Gasteiger partial charge in [0.05, 0.1) is 11.3 Å². The smallest absolute Gasteiger partial charge is 0.124 e. The highest BCUT2D eigenvalue weighted by molar-refractivity contribution is 5.57. The molecule has 1 N–H and O–H groups in total. The molecule has 0 fully saturated rings. The molecular formula is C16H15FN2. The Morgan fingerprint density at radius 1 is 1.11 bits per heavy atom. The molecule has 0 saturated heterocycles. The first-order valence-electron chi connectivity index (χ1n) is 6.09. The number of aryl methyl sites for hydroxylation is 2. The van der Waals surface area contributed by atoms with Crippen LogP contribution in [0.5, 0.6) is 0 Å². The van der Waals surface area contributed by atoms with Gasteiger partial charge in [-0.25, -0.2) is 4.39 Å². The maximum atomic E-state index is 13.0. The molecule has 2 aromatic carbocycles. The molecule has 0 heterocycles. The lowest BCUT2D eigenvalue weighted by Gasteiger charge is -2.10. The van der Waals surface area contributed by atoms with Crippen LogP contribution in [0.4, 0.5) is 10.1 Å². The summed E-state index contributed by atoms with van der Waals surface area (Å²) in [7, 11) is 0. The Kier molecular flexibility index (Phi) is 3.82. The number of nitrogens with zero attached hydrogens (tertiary/aromatic N) is 1. The van der Waals surface area contributed by atoms with Crippen molar-refractivity contribution in [2.75, 3.05) is 5.32 Å². The third kappa shape index (κ3) is 3.32.